The lowest BCUT2D eigenvalue weighted by Crippen LogP contribution is -2.36. The number of hydrogen-bond acceptors (Lipinski definition) is 5. The van der Waals surface area contributed by atoms with Crippen LogP contribution >= 0.6 is 11.8 Å². The lowest BCUT2D eigenvalue weighted by molar-refractivity contribution is -0.704. The molecule has 7 nitrogen and oxygen atoms in total. The van der Waals surface area contributed by atoms with Crippen molar-refractivity contribution in [3.05, 3.63) is 65.0 Å². The summed E-state index contributed by atoms with van der Waals surface area (Å²) in [6.45, 7) is 0. The smallest absolute Gasteiger partial charge is 0.442 e. The maximum absolute atomic E-state index is 12.0. The maximum Gasteiger partial charge on any atom is 0.442 e. The summed E-state index contributed by atoms with van der Waals surface area (Å²) in [7, 11) is 1.58. The molecule has 2 aromatic carbocycles. The summed E-state index contributed by atoms with van der Waals surface area (Å²) in [5.41, 5.74) is 0.864. The molecule has 1 aromatic heterocycles. The van der Waals surface area contributed by atoms with Crippen LogP contribution in [0.5, 0.6) is 5.75 Å². The molecule has 0 fully saturated rings. The summed E-state index contributed by atoms with van der Waals surface area (Å²) in [6.07, 6.45) is 0. The van der Waals surface area contributed by atoms with E-state index in [1.165, 1.54) is 4.68 Å². The molecule has 1 heterocycles. The Bertz CT molecular complexity index is 904. The first-order valence-electron chi connectivity index (χ1n) is 7.43. The van der Waals surface area contributed by atoms with Gasteiger partial charge in [0.15, 0.2) is 0 Å². The molecule has 25 heavy (non-hydrogen) atoms. The van der Waals surface area contributed by atoms with Gasteiger partial charge in [0.25, 0.3) is 0 Å². The molecule has 0 unspecified atom stereocenters. The molecule has 0 bridgehead atoms. The number of carbonyl (C=O) groups is 1. The summed E-state index contributed by atoms with van der Waals surface area (Å²) in [5, 5.41) is 5.59. The first kappa shape index (κ1) is 16.8. The maximum atomic E-state index is 12.0. The van der Waals surface area contributed by atoms with Crippen LogP contribution < -0.4 is 20.4 Å². The van der Waals surface area contributed by atoms with Gasteiger partial charge in [-0.15, -0.1) is 0 Å². The number of rotatable bonds is 6. The van der Waals surface area contributed by atoms with Crippen LogP contribution in [0.1, 0.15) is 0 Å². The third kappa shape index (κ3) is 4.10. The van der Waals surface area contributed by atoms with E-state index in [1.807, 2.05) is 18.2 Å². The SMILES string of the molecule is COc1ccc(-[n+]2[nH]oc(=O)c2SCC(=O)Nc2ccccc2)cc1. The zero-order valence-electron chi connectivity index (χ0n) is 13.4. The third-order valence-electron chi connectivity index (χ3n) is 3.34. The number of hydrogen-bond donors (Lipinski definition) is 2. The minimum Gasteiger partial charge on any atom is -0.497 e. The van der Waals surface area contributed by atoms with Gasteiger partial charge < -0.3 is 10.1 Å². The van der Waals surface area contributed by atoms with E-state index in [0.717, 1.165) is 11.8 Å². The van der Waals surface area contributed by atoms with Crippen molar-refractivity contribution in [1.29, 1.82) is 0 Å². The van der Waals surface area contributed by atoms with Crippen molar-refractivity contribution in [3.8, 4) is 11.4 Å². The molecule has 3 aromatic rings. The lowest BCUT2D eigenvalue weighted by atomic mass is 10.3. The Morgan fingerprint density at radius 3 is 2.60 bits per heavy atom. The number of para-hydroxylation sites is 1. The van der Waals surface area contributed by atoms with Crippen molar-refractivity contribution < 1.29 is 18.7 Å². The Balaban J connectivity index is 1.71. The number of benzene rings is 2. The van der Waals surface area contributed by atoms with Gasteiger partial charge in [-0.05, 0) is 46.0 Å². The van der Waals surface area contributed by atoms with E-state index in [2.05, 4.69) is 10.6 Å². The van der Waals surface area contributed by atoms with Crippen LogP contribution in [0.3, 0.4) is 0 Å². The minimum atomic E-state index is -0.534. The van der Waals surface area contributed by atoms with Gasteiger partial charge >= 0.3 is 10.7 Å². The van der Waals surface area contributed by atoms with E-state index in [0.29, 0.717) is 17.1 Å². The molecule has 0 saturated heterocycles. The Morgan fingerprint density at radius 2 is 1.92 bits per heavy atom. The Kier molecular flexibility index (Phi) is 5.20. The Morgan fingerprint density at radius 1 is 1.20 bits per heavy atom. The monoisotopic (exact) mass is 358 g/mol. The van der Waals surface area contributed by atoms with Crippen molar-refractivity contribution in [2.24, 2.45) is 0 Å². The number of H-pyrrole nitrogens is 1. The number of carbonyl (C=O) groups excluding carboxylic acids is 1. The quantitative estimate of drug-likeness (QED) is 0.520. The highest BCUT2D eigenvalue weighted by Crippen LogP contribution is 2.15. The van der Waals surface area contributed by atoms with Gasteiger partial charge in [0.05, 0.1) is 12.9 Å². The zero-order valence-corrected chi connectivity index (χ0v) is 14.2. The molecule has 3 rings (SSSR count). The molecule has 0 spiro atoms. The zero-order chi connectivity index (χ0) is 17.6. The highest BCUT2D eigenvalue weighted by atomic mass is 32.2. The second-order valence-electron chi connectivity index (χ2n) is 5.02. The van der Waals surface area contributed by atoms with E-state index in [4.69, 9.17) is 9.26 Å². The highest BCUT2D eigenvalue weighted by molar-refractivity contribution is 7.99. The Labute approximate surface area is 147 Å². The molecular weight excluding hydrogens is 342 g/mol. The van der Waals surface area contributed by atoms with E-state index < -0.39 is 5.63 Å². The highest BCUT2D eigenvalue weighted by Gasteiger charge is 2.25. The van der Waals surface area contributed by atoms with E-state index in [1.54, 1.807) is 43.5 Å². The van der Waals surface area contributed by atoms with Crippen LogP contribution in [0, 0.1) is 0 Å². The number of anilines is 1. The van der Waals surface area contributed by atoms with Crippen LogP contribution in [-0.2, 0) is 4.79 Å². The number of aromatic amines is 1. The second-order valence-corrected chi connectivity index (χ2v) is 5.99. The summed E-state index contributed by atoms with van der Waals surface area (Å²) >= 11 is 1.09. The largest absolute Gasteiger partial charge is 0.497 e. The van der Waals surface area contributed by atoms with Crippen LogP contribution in [0.25, 0.3) is 5.69 Å². The number of nitrogens with zero attached hydrogens (tertiary/aromatic N) is 1. The lowest BCUT2D eigenvalue weighted by Gasteiger charge is -2.02. The normalized spacial score (nSPS) is 10.4. The third-order valence-corrected chi connectivity index (χ3v) is 4.36. The molecule has 2 N–H and O–H groups in total. The number of methoxy groups -OCH3 is 1. The number of thioether (sulfide) groups is 1. The average Bonchev–Trinajstić information content (AvgIpc) is 3.01. The number of aromatic nitrogens is 2. The predicted molar refractivity (Wildman–Crippen MR) is 93.2 cm³/mol. The van der Waals surface area contributed by atoms with Crippen LogP contribution in [0.15, 0.2) is 68.9 Å². The van der Waals surface area contributed by atoms with Gasteiger partial charge in [-0.25, -0.2) is 4.79 Å². The molecule has 0 aliphatic heterocycles. The molecule has 0 radical (unpaired) electrons. The van der Waals surface area contributed by atoms with Crippen molar-refractivity contribution >= 4 is 23.4 Å². The summed E-state index contributed by atoms with van der Waals surface area (Å²) < 4.78 is 11.5. The van der Waals surface area contributed by atoms with Crippen molar-refractivity contribution in [2.45, 2.75) is 5.03 Å². The average molecular weight is 358 g/mol. The van der Waals surface area contributed by atoms with Gasteiger partial charge in [-0.1, -0.05) is 18.2 Å². The fourth-order valence-corrected chi connectivity index (χ4v) is 2.91. The van der Waals surface area contributed by atoms with Gasteiger partial charge in [-0.2, -0.15) is 0 Å². The van der Waals surface area contributed by atoms with Crippen LogP contribution in [0.2, 0.25) is 0 Å². The molecule has 0 aliphatic carbocycles. The standard InChI is InChI=1S/C17H15N3O4S/c1-23-14-9-7-13(8-10-14)20-16(17(22)24-19-20)25-11-15(21)18-12-5-3-2-4-6-12/h2-10H,11H2,1H3,(H-,18,19,21,22)/p+1. The molecule has 128 valence electrons. The van der Waals surface area contributed by atoms with Gasteiger partial charge in [0.2, 0.25) is 11.6 Å². The number of ether oxygens (including phenoxy) is 1. The summed E-state index contributed by atoms with van der Waals surface area (Å²) in [5.74, 6) is 0.568. The van der Waals surface area contributed by atoms with Crippen LogP contribution in [0.4, 0.5) is 5.69 Å². The van der Waals surface area contributed by atoms with Gasteiger partial charge in [0.1, 0.15) is 5.75 Å². The van der Waals surface area contributed by atoms with Gasteiger partial charge in [0, 0.05) is 17.8 Å². The first-order valence-corrected chi connectivity index (χ1v) is 8.41. The molecule has 0 saturated carbocycles. The predicted octanol–water partition coefficient (Wildman–Crippen LogP) is 1.98. The van der Waals surface area contributed by atoms with Crippen molar-refractivity contribution in [1.82, 2.24) is 5.27 Å². The van der Waals surface area contributed by atoms with E-state index >= 15 is 0 Å². The molecular formula is C17H16N3O4S+. The summed E-state index contributed by atoms with van der Waals surface area (Å²) in [4.78, 5) is 24.0. The topological polar surface area (TPSA) is 88.2 Å². The Hall–Kier alpha value is -3.00. The molecule has 1 amide bonds. The molecule has 8 heteroatoms. The van der Waals surface area contributed by atoms with Gasteiger partial charge in [-0.3, -0.25) is 9.32 Å². The van der Waals surface area contributed by atoms with Crippen molar-refractivity contribution in [3.63, 3.8) is 0 Å². The second kappa shape index (κ2) is 7.71. The fraction of sp³-hybridized carbons (Fsp3) is 0.118. The van der Waals surface area contributed by atoms with E-state index in [9.17, 15) is 9.59 Å². The van der Waals surface area contributed by atoms with E-state index in [-0.39, 0.29) is 16.7 Å². The number of nitrogens with one attached hydrogen (secondary N) is 2. The molecule has 0 aliphatic rings. The fourth-order valence-electron chi connectivity index (χ4n) is 2.14. The number of amides is 1. The first-order chi connectivity index (χ1) is 12.2. The molecule has 0 atom stereocenters. The van der Waals surface area contributed by atoms with Crippen molar-refractivity contribution in [2.75, 3.05) is 18.2 Å². The minimum absolute atomic E-state index is 0.0770. The van der Waals surface area contributed by atoms with Crippen LogP contribution in [-0.4, -0.2) is 24.0 Å². The summed E-state index contributed by atoms with van der Waals surface area (Å²) in [6, 6.07) is 16.2.